The van der Waals surface area contributed by atoms with Crippen molar-refractivity contribution in [3.63, 3.8) is 0 Å². The quantitative estimate of drug-likeness (QED) is 0.602. The van der Waals surface area contributed by atoms with E-state index < -0.39 is 10.0 Å². The number of carbonyl (C=O) groups excluding carboxylic acids is 1. The highest BCUT2D eigenvalue weighted by Crippen LogP contribution is 2.32. The number of anilines is 1. The van der Waals surface area contributed by atoms with E-state index in [2.05, 4.69) is 5.32 Å². The van der Waals surface area contributed by atoms with Crippen LogP contribution in [0.2, 0.25) is 0 Å². The van der Waals surface area contributed by atoms with E-state index in [1.807, 2.05) is 48.7 Å². The summed E-state index contributed by atoms with van der Waals surface area (Å²) in [6, 6.07) is 16.5. The number of amides is 1. The van der Waals surface area contributed by atoms with E-state index in [1.54, 1.807) is 23.5 Å². The van der Waals surface area contributed by atoms with Crippen LogP contribution in [0.3, 0.4) is 0 Å². The van der Waals surface area contributed by atoms with Gasteiger partial charge in [0.2, 0.25) is 10.0 Å². The van der Waals surface area contributed by atoms with Gasteiger partial charge in [0.25, 0.3) is 5.91 Å². The minimum Gasteiger partial charge on any atom is -0.379 e. The second kappa shape index (κ2) is 9.32. The Morgan fingerprint density at radius 3 is 2.58 bits per heavy atom. The fraction of sp³-hybridized carbons (Fsp3) is 0.261. The summed E-state index contributed by atoms with van der Waals surface area (Å²) in [5.41, 5.74) is 2.62. The Morgan fingerprint density at radius 2 is 1.87 bits per heavy atom. The maximum absolute atomic E-state index is 13.2. The van der Waals surface area contributed by atoms with Crippen LogP contribution in [0.15, 0.2) is 64.9 Å². The number of ether oxygens (including phenoxy) is 1. The summed E-state index contributed by atoms with van der Waals surface area (Å²) in [6.45, 7) is 3.29. The number of morpholine rings is 1. The van der Waals surface area contributed by atoms with Crippen LogP contribution in [0.25, 0.3) is 10.4 Å². The second-order valence-electron chi connectivity index (χ2n) is 7.17. The first-order valence-electron chi connectivity index (χ1n) is 10.2. The number of carbonyl (C=O) groups is 1. The third-order valence-corrected chi connectivity index (χ3v) is 8.14. The molecule has 1 aliphatic heterocycles. The first-order chi connectivity index (χ1) is 15.0. The van der Waals surface area contributed by atoms with Crippen LogP contribution >= 0.6 is 11.3 Å². The molecule has 1 aromatic heterocycles. The summed E-state index contributed by atoms with van der Waals surface area (Å²) in [7, 11) is -3.70. The fourth-order valence-corrected chi connectivity index (χ4v) is 6.08. The summed E-state index contributed by atoms with van der Waals surface area (Å²) in [4.78, 5) is 14.3. The van der Waals surface area contributed by atoms with Gasteiger partial charge in [0.15, 0.2) is 0 Å². The van der Waals surface area contributed by atoms with E-state index in [9.17, 15) is 13.2 Å². The topological polar surface area (TPSA) is 75.7 Å². The van der Waals surface area contributed by atoms with Gasteiger partial charge in [-0.25, -0.2) is 8.42 Å². The van der Waals surface area contributed by atoms with Crippen molar-refractivity contribution >= 4 is 33.0 Å². The molecule has 1 saturated heterocycles. The third kappa shape index (κ3) is 4.57. The van der Waals surface area contributed by atoms with Crippen LogP contribution in [0.5, 0.6) is 0 Å². The lowest BCUT2D eigenvalue weighted by atomic mass is 10.1. The Kier molecular flexibility index (Phi) is 6.52. The second-order valence-corrected chi connectivity index (χ2v) is 10.0. The van der Waals surface area contributed by atoms with Crippen molar-refractivity contribution < 1.29 is 17.9 Å². The smallest absolute Gasteiger partial charge is 0.255 e. The molecule has 0 unspecified atom stereocenters. The predicted molar refractivity (Wildman–Crippen MR) is 123 cm³/mol. The van der Waals surface area contributed by atoms with Gasteiger partial charge in [0.05, 0.1) is 18.1 Å². The number of nitrogens with one attached hydrogen (secondary N) is 1. The van der Waals surface area contributed by atoms with Crippen LogP contribution in [0, 0.1) is 0 Å². The molecule has 162 valence electrons. The average Bonchev–Trinajstić information content (AvgIpc) is 3.34. The van der Waals surface area contributed by atoms with Gasteiger partial charge in [0, 0.05) is 34.8 Å². The number of thiophene rings is 1. The molecule has 3 aromatic rings. The predicted octanol–water partition coefficient (Wildman–Crippen LogP) is 4.25. The van der Waals surface area contributed by atoms with Crippen LogP contribution in [-0.2, 0) is 21.2 Å². The largest absolute Gasteiger partial charge is 0.379 e. The highest BCUT2D eigenvalue weighted by atomic mass is 32.2. The Bertz CT molecular complexity index is 1170. The van der Waals surface area contributed by atoms with Crippen molar-refractivity contribution in [1.82, 2.24) is 4.31 Å². The molecule has 1 fully saturated rings. The highest BCUT2D eigenvalue weighted by Gasteiger charge is 2.29. The van der Waals surface area contributed by atoms with E-state index in [0.29, 0.717) is 49.5 Å². The van der Waals surface area contributed by atoms with Gasteiger partial charge in [-0.2, -0.15) is 4.31 Å². The van der Waals surface area contributed by atoms with Gasteiger partial charge in [-0.1, -0.05) is 37.3 Å². The Balaban J connectivity index is 1.65. The fourth-order valence-electron chi connectivity index (χ4n) is 3.59. The lowest BCUT2D eigenvalue weighted by molar-refractivity contribution is 0.0730. The molecular weight excluding hydrogens is 432 g/mol. The number of sulfonamides is 1. The number of hydrogen-bond acceptors (Lipinski definition) is 5. The molecule has 31 heavy (non-hydrogen) atoms. The molecule has 0 aliphatic carbocycles. The molecule has 8 heteroatoms. The molecule has 0 spiro atoms. The van der Waals surface area contributed by atoms with Gasteiger partial charge >= 0.3 is 0 Å². The van der Waals surface area contributed by atoms with E-state index >= 15 is 0 Å². The Labute approximate surface area is 186 Å². The number of rotatable bonds is 6. The molecule has 4 rings (SSSR count). The van der Waals surface area contributed by atoms with Crippen LogP contribution in [-0.4, -0.2) is 44.9 Å². The first-order valence-corrected chi connectivity index (χ1v) is 12.5. The van der Waals surface area contributed by atoms with Crippen molar-refractivity contribution in [1.29, 1.82) is 0 Å². The minimum atomic E-state index is -3.70. The van der Waals surface area contributed by atoms with Gasteiger partial charge < -0.3 is 10.1 Å². The zero-order chi connectivity index (χ0) is 21.8. The normalized spacial score (nSPS) is 15.0. The summed E-state index contributed by atoms with van der Waals surface area (Å²) < 4.78 is 33.2. The molecular formula is C23H24N2O4S2. The van der Waals surface area contributed by atoms with Crippen molar-refractivity contribution in [3.05, 3.63) is 71.1 Å². The zero-order valence-corrected chi connectivity index (χ0v) is 18.8. The molecule has 0 atom stereocenters. The van der Waals surface area contributed by atoms with Gasteiger partial charge in [-0.3, -0.25) is 4.79 Å². The first kappa shape index (κ1) is 21.7. The van der Waals surface area contributed by atoms with Crippen molar-refractivity contribution in [2.24, 2.45) is 0 Å². The number of hydrogen-bond donors (Lipinski definition) is 1. The Hall–Kier alpha value is -2.52. The summed E-state index contributed by atoms with van der Waals surface area (Å²) in [5.74, 6) is -0.343. The maximum Gasteiger partial charge on any atom is 0.255 e. The monoisotopic (exact) mass is 456 g/mol. The Morgan fingerprint density at radius 1 is 1.10 bits per heavy atom. The maximum atomic E-state index is 13.2. The molecule has 0 bridgehead atoms. The molecule has 1 amide bonds. The van der Waals surface area contributed by atoms with E-state index in [1.165, 1.54) is 10.4 Å². The zero-order valence-electron chi connectivity index (χ0n) is 17.2. The van der Waals surface area contributed by atoms with Crippen molar-refractivity contribution in [2.75, 3.05) is 31.6 Å². The summed E-state index contributed by atoms with van der Waals surface area (Å²) >= 11 is 1.59. The lowest BCUT2D eigenvalue weighted by Gasteiger charge is -2.27. The van der Waals surface area contributed by atoms with E-state index in [4.69, 9.17) is 4.74 Å². The molecule has 2 heterocycles. The molecule has 0 saturated carbocycles. The number of aryl methyl sites for hydroxylation is 1. The molecule has 6 nitrogen and oxygen atoms in total. The van der Waals surface area contributed by atoms with Crippen LogP contribution in [0.1, 0.15) is 22.8 Å². The standard InChI is InChI=1S/C23H24N2O4S2/c1-2-17-9-10-18(16-22(17)31(27,28)25-11-13-29-14-12-25)23(26)24-20-7-4-3-6-19(20)21-8-5-15-30-21/h3-10,15-16H,2,11-14H2,1H3,(H,24,26). The summed E-state index contributed by atoms with van der Waals surface area (Å²) in [6.07, 6.45) is 0.558. The minimum absolute atomic E-state index is 0.191. The van der Waals surface area contributed by atoms with Gasteiger partial charge in [0.1, 0.15) is 0 Å². The van der Waals surface area contributed by atoms with Gasteiger partial charge in [-0.15, -0.1) is 11.3 Å². The molecule has 1 aliphatic rings. The number of para-hydroxylation sites is 1. The van der Waals surface area contributed by atoms with E-state index in [0.717, 1.165) is 10.4 Å². The highest BCUT2D eigenvalue weighted by molar-refractivity contribution is 7.89. The number of benzene rings is 2. The molecule has 2 aromatic carbocycles. The molecule has 1 N–H and O–H groups in total. The number of nitrogens with zero attached hydrogens (tertiary/aromatic N) is 1. The van der Waals surface area contributed by atoms with Crippen molar-refractivity contribution in [3.8, 4) is 10.4 Å². The van der Waals surface area contributed by atoms with E-state index in [-0.39, 0.29) is 10.8 Å². The van der Waals surface area contributed by atoms with Crippen molar-refractivity contribution in [2.45, 2.75) is 18.2 Å². The van der Waals surface area contributed by atoms with Gasteiger partial charge in [-0.05, 0) is 41.6 Å². The summed E-state index contributed by atoms with van der Waals surface area (Å²) in [5, 5.41) is 4.94. The molecule has 0 radical (unpaired) electrons. The van der Waals surface area contributed by atoms with Crippen LogP contribution in [0.4, 0.5) is 5.69 Å². The SMILES string of the molecule is CCc1ccc(C(=O)Nc2ccccc2-c2cccs2)cc1S(=O)(=O)N1CCOCC1. The third-order valence-electron chi connectivity index (χ3n) is 5.26. The lowest BCUT2D eigenvalue weighted by Crippen LogP contribution is -2.41. The van der Waals surface area contributed by atoms with Crippen LogP contribution < -0.4 is 5.32 Å². The average molecular weight is 457 g/mol.